The smallest absolute Gasteiger partial charge is 0.308 e. The molecule has 0 unspecified atom stereocenters. The lowest BCUT2D eigenvalue weighted by molar-refractivity contribution is -0.145. The Hall–Kier alpha value is -1.65. The molecule has 0 aromatic carbocycles. The van der Waals surface area contributed by atoms with Gasteiger partial charge in [0.05, 0.1) is 19.1 Å². The maximum Gasteiger partial charge on any atom is 0.308 e. The van der Waals surface area contributed by atoms with Crippen LogP contribution in [0.5, 0.6) is 0 Å². The van der Waals surface area contributed by atoms with Crippen molar-refractivity contribution in [3.8, 4) is 0 Å². The summed E-state index contributed by atoms with van der Waals surface area (Å²) in [4.78, 5) is 14.1. The van der Waals surface area contributed by atoms with Crippen molar-refractivity contribution in [2.75, 3.05) is 33.9 Å². The van der Waals surface area contributed by atoms with Crippen LogP contribution in [0.25, 0.3) is 0 Å². The molecule has 0 aliphatic heterocycles. The van der Waals surface area contributed by atoms with Gasteiger partial charge in [-0.25, -0.2) is 0 Å². The third kappa shape index (κ3) is 38.8. The highest BCUT2D eigenvalue weighted by Crippen LogP contribution is 2.18. The molecule has 0 saturated heterocycles. The lowest BCUT2D eigenvalue weighted by atomic mass is 10.0. The van der Waals surface area contributed by atoms with Gasteiger partial charge in [0.15, 0.2) is 0 Å². The van der Waals surface area contributed by atoms with Crippen LogP contribution in [0.3, 0.4) is 0 Å². The molecule has 0 atom stereocenters. The van der Waals surface area contributed by atoms with Gasteiger partial charge in [0.2, 0.25) is 0 Å². The summed E-state index contributed by atoms with van der Waals surface area (Å²) in [5.41, 5.74) is 0. The Labute approximate surface area is 300 Å². The zero-order chi connectivity index (χ0) is 35.0. The van der Waals surface area contributed by atoms with Gasteiger partial charge < -0.3 is 14.4 Å². The normalized spacial score (nSPS) is 12.4. The average molecular weight is 672 g/mol. The van der Waals surface area contributed by atoms with Crippen LogP contribution in [-0.4, -0.2) is 50.8 Å². The molecule has 0 rings (SSSR count). The molecule has 0 bridgehead atoms. The number of nitrogens with zero attached hydrogens (tertiary/aromatic N) is 1. The second-order valence-corrected chi connectivity index (χ2v) is 14.0. The highest BCUT2D eigenvalue weighted by Gasteiger charge is 2.11. The lowest BCUT2D eigenvalue weighted by Crippen LogP contribution is -2.21. The average Bonchev–Trinajstić information content (AvgIpc) is 3.07. The summed E-state index contributed by atoms with van der Waals surface area (Å²) >= 11 is 0. The van der Waals surface area contributed by atoms with Crippen LogP contribution in [0.15, 0.2) is 48.6 Å². The molecule has 0 aromatic rings. The largest absolute Gasteiger partial charge is 0.464 e. The Morgan fingerprint density at radius 1 is 0.521 bits per heavy atom. The van der Waals surface area contributed by atoms with Crippen molar-refractivity contribution in [3.05, 3.63) is 48.6 Å². The summed E-state index contributed by atoms with van der Waals surface area (Å²) in [5.74, 6) is -0.141. The number of carbonyl (C=O) groups is 1. The van der Waals surface area contributed by atoms with Crippen molar-refractivity contribution in [2.45, 2.75) is 193 Å². The highest BCUT2D eigenvalue weighted by molar-refractivity contribution is 5.69. The van der Waals surface area contributed by atoms with Crippen molar-refractivity contribution in [2.24, 2.45) is 0 Å². The molecule has 0 spiro atoms. The van der Waals surface area contributed by atoms with Gasteiger partial charge in [-0.15, -0.1) is 0 Å². The highest BCUT2D eigenvalue weighted by atomic mass is 16.5. The molecule has 0 saturated carbocycles. The second-order valence-electron chi connectivity index (χ2n) is 14.0. The molecule has 280 valence electrons. The molecule has 0 N–H and O–H groups in total. The van der Waals surface area contributed by atoms with Crippen LogP contribution in [0, 0.1) is 0 Å². The van der Waals surface area contributed by atoms with Gasteiger partial charge in [0.1, 0.15) is 6.61 Å². The first-order valence-electron chi connectivity index (χ1n) is 20.6. The monoisotopic (exact) mass is 672 g/mol. The summed E-state index contributed by atoms with van der Waals surface area (Å²) in [7, 11) is 3.98. The van der Waals surface area contributed by atoms with Gasteiger partial charge in [-0.1, -0.05) is 152 Å². The number of allylic oxidation sites excluding steroid dienone is 8. The zero-order valence-corrected chi connectivity index (χ0v) is 32.6. The van der Waals surface area contributed by atoms with Crippen molar-refractivity contribution in [1.82, 2.24) is 4.90 Å². The van der Waals surface area contributed by atoms with Crippen molar-refractivity contribution < 1.29 is 14.3 Å². The number of hydrogen-bond donors (Lipinski definition) is 0. The fourth-order valence-electron chi connectivity index (χ4n) is 5.75. The summed E-state index contributed by atoms with van der Waals surface area (Å²) in [6, 6.07) is 0. The fourth-order valence-corrected chi connectivity index (χ4v) is 5.75. The second kappa shape index (κ2) is 39.8. The summed E-state index contributed by atoms with van der Waals surface area (Å²) in [6.07, 6.45) is 52.2. The molecule has 4 heteroatoms. The minimum Gasteiger partial charge on any atom is -0.464 e. The first-order chi connectivity index (χ1) is 23.6. The van der Waals surface area contributed by atoms with Crippen LogP contribution in [0.2, 0.25) is 0 Å². The topological polar surface area (TPSA) is 38.8 Å². The Morgan fingerprint density at radius 2 is 0.917 bits per heavy atom. The van der Waals surface area contributed by atoms with Gasteiger partial charge in [-0.3, -0.25) is 4.79 Å². The standard InChI is InChI=1S/C44H81NO3/c1-5-7-9-11-13-15-17-19-21-23-25-27-29-31-33-35-37-43(47-41-39-44(46)48-42-40-45(3)4)38-36-34-32-30-28-26-24-22-20-18-16-14-12-10-8-6-2/h13-16,19-22,43H,5-12,17-18,23-42H2,1-4H3/b15-13-,16-14-,21-19-,22-20-. The predicted octanol–water partition coefficient (Wildman–Crippen LogP) is 13.3. The molecule has 0 aliphatic rings. The van der Waals surface area contributed by atoms with E-state index in [9.17, 15) is 4.79 Å². The molecule has 0 amide bonds. The maximum atomic E-state index is 12.1. The molecule has 0 aliphatic carbocycles. The van der Waals surface area contributed by atoms with Crippen LogP contribution < -0.4 is 0 Å². The van der Waals surface area contributed by atoms with Gasteiger partial charge >= 0.3 is 5.97 Å². The van der Waals surface area contributed by atoms with Crippen LogP contribution in [0.1, 0.15) is 187 Å². The first kappa shape index (κ1) is 46.4. The Balaban J connectivity index is 4.07. The van der Waals surface area contributed by atoms with Crippen molar-refractivity contribution in [3.63, 3.8) is 0 Å². The molecule has 0 aromatic heterocycles. The van der Waals surface area contributed by atoms with Gasteiger partial charge in [0, 0.05) is 6.54 Å². The van der Waals surface area contributed by atoms with E-state index in [-0.39, 0.29) is 12.1 Å². The predicted molar refractivity (Wildman–Crippen MR) is 212 cm³/mol. The molecular formula is C44H81NO3. The number of rotatable bonds is 37. The molecule has 0 radical (unpaired) electrons. The van der Waals surface area contributed by atoms with E-state index in [0.717, 1.165) is 32.2 Å². The third-order valence-corrected chi connectivity index (χ3v) is 8.91. The van der Waals surface area contributed by atoms with E-state index < -0.39 is 0 Å². The molecule has 48 heavy (non-hydrogen) atoms. The lowest BCUT2D eigenvalue weighted by Gasteiger charge is -2.18. The SMILES string of the molecule is CCCCC/C=C\C/C=C\CCCCCCCCC(CCCCCCCC/C=C\C/C=C\CCCCC)OCCC(=O)OCCN(C)C. The number of ether oxygens (including phenoxy) is 2. The fraction of sp³-hybridized carbons (Fsp3) is 0.795. The van der Waals surface area contributed by atoms with E-state index in [1.54, 1.807) is 0 Å². The molecule has 4 nitrogen and oxygen atoms in total. The number of unbranched alkanes of at least 4 members (excludes halogenated alkanes) is 18. The number of esters is 1. The molecular weight excluding hydrogens is 590 g/mol. The summed E-state index contributed by atoms with van der Waals surface area (Å²) in [5, 5.41) is 0. The molecule has 0 fully saturated rings. The molecule has 0 heterocycles. The van der Waals surface area contributed by atoms with E-state index in [4.69, 9.17) is 9.47 Å². The van der Waals surface area contributed by atoms with Crippen LogP contribution >= 0.6 is 0 Å². The summed E-state index contributed by atoms with van der Waals surface area (Å²) < 4.78 is 11.6. The van der Waals surface area contributed by atoms with Crippen molar-refractivity contribution >= 4 is 5.97 Å². The number of likely N-dealkylation sites (N-methyl/N-ethyl adjacent to an activating group) is 1. The van der Waals surface area contributed by atoms with E-state index in [0.29, 0.717) is 19.6 Å². The van der Waals surface area contributed by atoms with E-state index in [1.165, 1.54) is 141 Å². The van der Waals surface area contributed by atoms with Gasteiger partial charge in [0.25, 0.3) is 0 Å². The maximum absolute atomic E-state index is 12.1. The first-order valence-corrected chi connectivity index (χ1v) is 20.6. The third-order valence-electron chi connectivity index (χ3n) is 8.91. The Morgan fingerprint density at radius 3 is 1.33 bits per heavy atom. The van der Waals surface area contributed by atoms with Gasteiger partial charge in [-0.05, 0) is 91.1 Å². The minimum atomic E-state index is -0.141. The van der Waals surface area contributed by atoms with Crippen molar-refractivity contribution in [1.29, 1.82) is 0 Å². The number of carbonyl (C=O) groups excluding carboxylic acids is 1. The Kier molecular flexibility index (Phi) is 38.4. The minimum absolute atomic E-state index is 0.141. The van der Waals surface area contributed by atoms with Crippen LogP contribution in [0.4, 0.5) is 0 Å². The quantitative estimate of drug-likeness (QED) is 0.0374. The Bertz CT molecular complexity index is 721. The van der Waals surface area contributed by atoms with E-state index in [1.807, 2.05) is 19.0 Å². The van der Waals surface area contributed by atoms with Crippen LogP contribution in [-0.2, 0) is 14.3 Å². The number of hydrogen-bond acceptors (Lipinski definition) is 4. The summed E-state index contributed by atoms with van der Waals surface area (Å²) in [6.45, 7) is 6.22. The zero-order valence-electron chi connectivity index (χ0n) is 32.6. The van der Waals surface area contributed by atoms with E-state index in [2.05, 4.69) is 62.5 Å². The van der Waals surface area contributed by atoms with Gasteiger partial charge in [-0.2, -0.15) is 0 Å². The van der Waals surface area contributed by atoms with E-state index >= 15 is 0 Å².